The summed E-state index contributed by atoms with van der Waals surface area (Å²) in [5, 5.41) is 7.35. The fraction of sp³-hybridized carbons (Fsp3) is 0.133. The largest absolute Gasteiger partial charge is 0.486 e. The smallest absolute Gasteiger partial charge is 0.165 e. The van der Waals surface area contributed by atoms with E-state index in [1.165, 1.54) is 0 Å². The fourth-order valence-electron chi connectivity index (χ4n) is 1.77. The van der Waals surface area contributed by atoms with Crippen molar-refractivity contribution in [1.82, 2.24) is 0 Å². The molecule has 2 aromatic rings. The number of benzene rings is 2. The number of ether oxygens (including phenoxy) is 1. The maximum absolute atomic E-state index is 13.4. The molecule has 0 heterocycles. The number of hydrogen-bond donors (Lipinski definition) is 2. The van der Waals surface area contributed by atoms with Gasteiger partial charge in [0.05, 0.1) is 0 Å². The summed E-state index contributed by atoms with van der Waals surface area (Å²) in [6, 6.07) is 8.27. The summed E-state index contributed by atoms with van der Waals surface area (Å²) in [6.45, 7) is 1.96. The Morgan fingerprint density at radius 3 is 2.60 bits per heavy atom. The van der Waals surface area contributed by atoms with Crippen LogP contribution < -0.4 is 10.5 Å². The third-order valence-corrected chi connectivity index (χ3v) is 2.93. The van der Waals surface area contributed by atoms with E-state index in [-0.39, 0.29) is 18.2 Å². The lowest BCUT2D eigenvalue weighted by atomic mass is 10.1. The maximum Gasteiger partial charge on any atom is 0.165 e. The molecule has 0 bridgehead atoms. The Balaban J connectivity index is 2.15. The van der Waals surface area contributed by atoms with Gasteiger partial charge in [-0.3, -0.25) is 5.41 Å². The van der Waals surface area contributed by atoms with Crippen LogP contribution in [-0.4, -0.2) is 5.84 Å². The van der Waals surface area contributed by atoms with Crippen LogP contribution in [0.4, 0.5) is 8.78 Å². The zero-order valence-electron chi connectivity index (χ0n) is 10.9. The standard InChI is InChI=1S/C15H14F2N2O/c1-9-6-10(15(18)19)2-3-11(9)8-20-14-7-12(16)4-5-13(14)17/h2-7H,8H2,1H3,(H3,18,19). The molecule has 104 valence electrons. The van der Waals surface area contributed by atoms with Crippen molar-refractivity contribution in [3.05, 3.63) is 64.7 Å². The van der Waals surface area contributed by atoms with Crippen LogP contribution in [0.1, 0.15) is 16.7 Å². The van der Waals surface area contributed by atoms with Gasteiger partial charge in [0.25, 0.3) is 0 Å². The summed E-state index contributed by atoms with van der Waals surface area (Å²) >= 11 is 0. The van der Waals surface area contributed by atoms with E-state index in [1.807, 2.05) is 6.92 Å². The number of nitrogen functional groups attached to an aromatic ring is 1. The minimum atomic E-state index is -0.607. The SMILES string of the molecule is Cc1cc(C(=N)N)ccc1COc1cc(F)ccc1F. The van der Waals surface area contributed by atoms with Crippen molar-refractivity contribution in [2.45, 2.75) is 13.5 Å². The van der Waals surface area contributed by atoms with E-state index < -0.39 is 11.6 Å². The molecule has 0 saturated carbocycles. The lowest BCUT2D eigenvalue weighted by Crippen LogP contribution is -2.11. The first-order valence-corrected chi connectivity index (χ1v) is 5.99. The zero-order chi connectivity index (χ0) is 14.7. The van der Waals surface area contributed by atoms with Crippen molar-refractivity contribution in [3.8, 4) is 5.75 Å². The van der Waals surface area contributed by atoms with Crippen LogP contribution in [0.15, 0.2) is 36.4 Å². The van der Waals surface area contributed by atoms with Gasteiger partial charge in [-0.2, -0.15) is 0 Å². The average Bonchev–Trinajstić information content (AvgIpc) is 2.40. The molecule has 0 saturated heterocycles. The molecule has 0 amide bonds. The number of nitrogens with one attached hydrogen (secondary N) is 1. The van der Waals surface area contributed by atoms with Crippen molar-refractivity contribution in [2.75, 3.05) is 0 Å². The topological polar surface area (TPSA) is 59.1 Å². The molecule has 0 aromatic heterocycles. The van der Waals surface area contributed by atoms with Crippen LogP contribution in [0, 0.1) is 24.0 Å². The molecule has 0 fully saturated rings. The fourth-order valence-corrected chi connectivity index (χ4v) is 1.77. The van der Waals surface area contributed by atoms with Gasteiger partial charge in [0.1, 0.15) is 18.3 Å². The van der Waals surface area contributed by atoms with Gasteiger partial charge in [0, 0.05) is 11.6 Å². The van der Waals surface area contributed by atoms with Crippen LogP contribution in [0.2, 0.25) is 0 Å². The van der Waals surface area contributed by atoms with E-state index >= 15 is 0 Å². The first-order chi connectivity index (χ1) is 9.47. The number of nitrogens with two attached hydrogens (primary N) is 1. The van der Waals surface area contributed by atoms with Crippen molar-refractivity contribution in [2.24, 2.45) is 5.73 Å². The lowest BCUT2D eigenvalue weighted by molar-refractivity contribution is 0.288. The summed E-state index contributed by atoms with van der Waals surface area (Å²) in [6.07, 6.45) is 0. The summed E-state index contributed by atoms with van der Waals surface area (Å²) in [5.74, 6) is -1.30. The summed E-state index contributed by atoms with van der Waals surface area (Å²) in [4.78, 5) is 0. The first-order valence-electron chi connectivity index (χ1n) is 5.99. The number of hydrogen-bond acceptors (Lipinski definition) is 2. The molecule has 0 aliphatic carbocycles. The first kappa shape index (κ1) is 14.0. The molecule has 20 heavy (non-hydrogen) atoms. The summed E-state index contributed by atoms with van der Waals surface area (Å²) in [7, 11) is 0. The third kappa shape index (κ3) is 3.12. The van der Waals surface area contributed by atoms with Crippen LogP contribution in [0.25, 0.3) is 0 Å². The third-order valence-electron chi connectivity index (χ3n) is 2.93. The van der Waals surface area contributed by atoms with Gasteiger partial charge in [0.15, 0.2) is 11.6 Å². The van der Waals surface area contributed by atoms with E-state index in [4.69, 9.17) is 15.9 Å². The molecule has 2 rings (SSSR count). The van der Waals surface area contributed by atoms with Crippen LogP contribution in [0.3, 0.4) is 0 Å². The highest BCUT2D eigenvalue weighted by atomic mass is 19.1. The second-order valence-electron chi connectivity index (χ2n) is 4.42. The molecule has 3 nitrogen and oxygen atoms in total. The van der Waals surface area contributed by atoms with Gasteiger partial charge in [0.2, 0.25) is 0 Å². The second-order valence-corrected chi connectivity index (χ2v) is 4.42. The lowest BCUT2D eigenvalue weighted by Gasteiger charge is -2.10. The number of amidine groups is 1. The van der Waals surface area contributed by atoms with Crippen molar-refractivity contribution < 1.29 is 13.5 Å². The zero-order valence-corrected chi connectivity index (χ0v) is 10.9. The highest BCUT2D eigenvalue weighted by molar-refractivity contribution is 5.95. The van der Waals surface area contributed by atoms with E-state index in [0.29, 0.717) is 5.56 Å². The predicted octanol–water partition coefficient (Wildman–Crippen LogP) is 3.14. The molecular formula is C15H14F2N2O. The quantitative estimate of drug-likeness (QED) is 0.665. The number of aryl methyl sites for hydroxylation is 1. The van der Waals surface area contributed by atoms with Gasteiger partial charge < -0.3 is 10.5 Å². The Hall–Kier alpha value is -2.43. The normalized spacial score (nSPS) is 10.3. The highest BCUT2D eigenvalue weighted by Gasteiger charge is 2.07. The Morgan fingerprint density at radius 2 is 1.95 bits per heavy atom. The highest BCUT2D eigenvalue weighted by Crippen LogP contribution is 2.20. The molecule has 0 aliphatic heterocycles. The number of halogens is 2. The van der Waals surface area contributed by atoms with Crippen molar-refractivity contribution in [3.63, 3.8) is 0 Å². The number of rotatable bonds is 4. The molecule has 3 N–H and O–H groups in total. The van der Waals surface area contributed by atoms with Crippen molar-refractivity contribution in [1.29, 1.82) is 5.41 Å². The van der Waals surface area contributed by atoms with Crippen LogP contribution in [-0.2, 0) is 6.61 Å². The molecule has 2 aromatic carbocycles. The molecule has 0 aliphatic rings. The van der Waals surface area contributed by atoms with E-state index in [1.54, 1.807) is 18.2 Å². The van der Waals surface area contributed by atoms with Gasteiger partial charge >= 0.3 is 0 Å². The van der Waals surface area contributed by atoms with Crippen LogP contribution in [0.5, 0.6) is 5.75 Å². The monoisotopic (exact) mass is 276 g/mol. The molecule has 0 unspecified atom stereocenters. The van der Waals surface area contributed by atoms with E-state index in [0.717, 1.165) is 29.3 Å². The molecule has 0 atom stereocenters. The van der Waals surface area contributed by atoms with E-state index in [2.05, 4.69) is 0 Å². The summed E-state index contributed by atoms with van der Waals surface area (Å²) in [5.41, 5.74) is 7.70. The molecular weight excluding hydrogens is 262 g/mol. The van der Waals surface area contributed by atoms with Gasteiger partial charge in [-0.15, -0.1) is 0 Å². The minimum absolute atomic E-state index is 0.0169. The maximum atomic E-state index is 13.4. The Morgan fingerprint density at radius 1 is 1.20 bits per heavy atom. The Bertz CT molecular complexity index is 656. The van der Waals surface area contributed by atoms with Gasteiger partial charge in [-0.1, -0.05) is 12.1 Å². The Labute approximate surface area is 115 Å². The minimum Gasteiger partial charge on any atom is -0.486 e. The van der Waals surface area contributed by atoms with Gasteiger partial charge in [-0.25, -0.2) is 8.78 Å². The molecule has 0 radical (unpaired) electrons. The summed E-state index contributed by atoms with van der Waals surface area (Å²) < 4.78 is 31.7. The molecule has 5 heteroatoms. The molecule has 0 spiro atoms. The Kier molecular flexibility index (Phi) is 3.98. The van der Waals surface area contributed by atoms with Crippen molar-refractivity contribution >= 4 is 5.84 Å². The van der Waals surface area contributed by atoms with Crippen LogP contribution >= 0.6 is 0 Å². The second kappa shape index (κ2) is 5.69. The van der Waals surface area contributed by atoms with E-state index in [9.17, 15) is 8.78 Å². The predicted molar refractivity (Wildman–Crippen MR) is 72.9 cm³/mol. The van der Waals surface area contributed by atoms with Gasteiger partial charge in [-0.05, 0) is 36.2 Å². The average molecular weight is 276 g/mol.